The highest BCUT2D eigenvalue weighted by atomic mass is 32.1. The van der Waals surface area contributed by atoms with Gasteiger partial charge >= 0.3 is 0 Å². The fraction of sp³-hybridized carbons (Fsp3) is 0.500. The number of hydrogen-bond acceptors (Lipinski definition) is 6. The molecule has 0 unspecified atom stereocenters. The highest BCUT2D eigenvalue weighted by Crippen LogP contribution is 2.22. The van der Waals surface area contributed by atoms with Gasteiger partial charge in [-0.15, -0.1) is 0 Å². The molecule has 0 aromatic carbocycles. The summed E-state index contributed by atoms with van der Waals surface area (Å²) in [6.45, 7) is 8.68. The number of piperidine rings is 1. The van der Waals surface area contributed by atoms with Crippen LogP contribution in [0.2, 0.25) is 19.6 Å². The first-order valence-corrected chi connectivity index (χ1v) is 13.3. The lowest BCUT2D eigenvalue weighted by molar-refractivity contribution is -0.117. The highest BCUT2D eigenvalue weighted by molar-refractivity contribution is 7.16. The molecule has 1 saturated heterocycles. The van der Waals surface area contributed by atoms with Gasteiger partial charge in [0.05, 0.1) is 6.20 Å². The summed E-state index contributed by atoms with van der Waals surface area (Å²) in [6.07, 6.45) is 10.0. The number of amides is 1. The topological polar surface area (TPSA) is 80.0 Å². The number of carbonyl (C=O) groups excluding carboxylic acids is 1. The zero-order valence-electron chi connectivity index (χ0n) is 15.5. The number of hydrogen-bond donors (Lipinski definition) is 2. The molecule has 6 nitrogen and oxygen atoms in total. The fourth-order valence-electron chi connectivity index (χ4n) is 2.80. The molecule has 3 rings (SSSR count). The van der Waals surface area contributed by atoms with E-state index in [0.29, 0.717) is 23.4 Å². The van der Waals surface area contributed by atoms with Gasteiger partial charge in [-0.1, -0.05) is 31.0 Å². The first-order chi connectivity index (χ1) is 12.4. The number of nitrogens with one attached hydrogen (secondary N) is 2. The van der Waals surface area contributed by atoms with Crippen LogP contribution in [0.4, 0.5) is 5.13 Å². The Kier molecular flexibility index (Phi) is 6.05. The molecule has 1 amide bonds. The molecule has 1 aliphatic rings. The quantitative estimate of drug-likeness (QED) is 0.741. The van der Waals surface area contributed by atoms with Gasteiger partial charge in [-0.25, -0.2) is 9.97 Å². The Morgan fingerprint density at radius 2 is 2.08 bits per heavy atom. The standard InChI is InChI=1S/C18H26N4O2SSi/c1-26(2,3)17-12-20-16(24-17)5-4-14-11-21-18(25-14)22-15(23)10-13-6-8-19-9-7-13/h4-5,11-13,19H,6-10H2,1-3H3,(H,21,22,23)/b5-4+. The van der Waals surface area contributed by atoms with Crippen molar-refractivity contribution in [3.8, 4) is 0 Å². The van der Waals surface area contributed by atoms with E-state index >= 15 is 0 Å². The van der Waals surface area contributed by atoms with Crippen LogP contribution >= 0.6 is 11.3 Å². The third-order valence-corrected chi connectivity index (χ3v) is 6.94. The van der Waals surface area contributed by atoms with Crippen LogP contribution in [0, 0.1) is 5.92 Å². The summed E-state index contributed by atoms with van der Waals surface area (Å²) in [4.78, 5) is 21.7. The summed E-state index contributed by atoms with van der Waals surface area (Å²) in [6, 6.07) is 0. The van der Waals surface area contributed by atoms with E-state index < -0.39 is 8.07 Å². The summed E-state index contributed by atoms with van der Waals surface area (Å²) in [5, 5.41) is 7.86. The minimum Gasteiger partial charge on any atom is -0.447 e. The molecule has 0 aliphatic carbocycles. The van der Waals surface area contributed by atoms with Crippen LogP contribution in [-0.2, 0) is 4.79 Å². The predicted octanol–water partition coefficient (Wildman–Crippen LogP) is 3.17. The van der Waals surface area contributed by atoms with Crippen LogP contribution in [0.25, 0.3) is 12.2 Å². The van der Waals surface area contributed by atoms with E-state index in [0.717, 1.165) is 36.2 Å². The van der Waals surface area contributed by atoms with Crippen LogP contribution in [0.1, 0.15) is 30.0 Å². The van der Waals surface area contributed by atoms with Crippen molar-refractivity contribution in [3.63, 3.8) is 0 Å². The molecular weight excluding hydrogens is 364 g/mol. The minimum absolute atomic E-state index is 0.0502. The van der Waals surface area contributed by atoms with E-state index in [4.69, 9.17) is 4.42 Å². The van der Waals surface area contributed by atoms with Crippen molar-refractivity contribution < 1.29 is 9.21 Å². The van der Waals surface area contributed by atoms with Gasteiger partial charge < -0.3 is 15.1 Å². The first-order valence-electron chi connectivity index (χ1n) is 9.01. The van der Waals surface area contributed by atoms with Crippen molar-refractivity contribution in [2.75, 3.05) is 18.4 Å². The molecule has 0 saturated carbocycles. The Balaban J connectivity index is 1.54. The van der Waals surface area contributed by atoms with Crippen molar-refractivity contribution in [3.05, 3.63) is 23.2 Å². The predicted molar refractivity (Wildman–Crippen MR) is 109 cm³/mol. The van der Waals surface area contributed by atoms with Crippen LogP contribution in [0.15, 0.2) is 16.8 Å². The van der Waals surface area contributed by atoms with Gasteiger partial charge in [0.25, 0.3) is 0 Å². The Labute approximate surface area is 159 Å². The van der Waals surface area contributed by atoms with E-state index in [2.05, 4.69) is 40.2 Å². The Morgan fingerprint density at radius 1 is 1.31 bits per heavy atom. The second-order valence-corrected chi connectivity index (χ2v) is 13.7. The van der Waals surface area contributed by atoms with E-state index in [1.165, 1.54) is 11.3 Å². The molecule has 8 heteroatoms. The Bertz CT molecular complexity index is 772. The van der Waals surface area contributed by atoms with Gasteiger partial charge in [0, 0.05) is 23.6 Å². The van der Waals surface area contributed by atoms with E-state index in [1.54, 1.807) is 6.20 Å². The second kappa shape index (κ2) is 8.28. The molecule has 2 aromatic heterocycles. The lowest BCUT2D eigenvalue weighted by Crippen LogP contribution is -2.36. The summed E-state index contributed by atoms with van der Waals surface area (Å²) in [5.74, 6) is 1.13. The Hall–Kier alpha value is -1.77. The number of nitrogens with zero attached hydrogens (tertiary/aromatic N) is 2. The molecule has 0 bridgehead atoms. The summed E-state index contributed by atoms with van der Waals surface area (Å²) in [5.41, 5.74) is 0. The maximum Gasteiger partial charge on any atom is 0.226 e. The molecule has 2 N–H and O–H groups in total. The summed E-state index contributed by atoms with van der Waals surface area (Å²) < 4.78 is 5.80. The summed E-state index contributed by atoms with van der Waals surface area (Å²) >= 11 is 1.45. The van der Waals surface area contributed by atoms with E-state index in [-0.39, 0.29) is 5.91 Å². The van der Waals surface area contributed by atoms with Crippen molar-refractivity contribution in [1.29, 1.82) is 0 Å². The smallest absolute Gasteiger partial charge is 0.226 e. The third kappa shape index (κ3) is 5.36. The zero-order valence-corrected chi connectivity index (χ0v) is 17.4. The maximum atomic E-state index is 12.2. The van der Waals surface area contributed by atoms with Crippen LogP contribution in [-0.4, -0.2) is 37.0 Å². The van der Waals surface area contributed by atoms with Gasteiger partial charge in [0.15, 0.2) is 5.13 Å². The number of rotatable bonds is 6. The number of aromatic nitrogens is 2. The van der Waals surface area contributed by atoms with Crippen LogP contribution < -0.4 is 16.0 Å². The Morgan fingerprint density at radius 3 is 2.77 bits per heavy atom. The highest BCUT2D eigenvalue weighted by Gasteiger charge is 2.21. The number of thiazole rings is 1. The lowest BCUT2D eigenvalue weighted by Gasteiger charge is -2.21. The minimum atomic E-state index is -1.48. The number of carbonyl (C=O) groups is 1. The SMILES string of the molecule is C[Si](C)(C)c1cnc(/C=C/c2cnc(NC(=O)CC3CCNCC3)s2)o1. The molecule has 1 fully saturated rings. The van der Waals surface area contributed by atoms with Crippen molar-refractivity contribution >= 4 is 48.0 Å². The molecule has 2 aromatic rings. The molecule has 1 aliphatic heterocycles. The molecular formula is C18H26N4O2SSi. The first kappa shape index (κ1) is 19.0. The average Bonchev–Trinajstić information content (AvgIpc) is 3.22. The van der Waals surface area contributed by atoms with Gasteiger partial charge in [-0.3, -0.25) is 4.79 Å². The van der Waals surface area contributed by atoms with E-state index in [9.17, 15) is 4.79 Å². The molecule has 3 heterocycles. The largest absolute Gasteiger partial charge is 0.447 e. The molecule has 26 heavy (non-hydrogen) atoms. The monoisotopic (exact) mass is 390 g/mol. The van der Waals surface area contributed by atoms with Crippen LogP contribution in [0.5, 0.6) is 0 Å². The van der Waals surface area contributed by atoms with Crippen molar-refractivity contribution in [2.45, 2.75) is 38.9 Å². The lowest BCUT2D eigenvalue weighted by atomic mass is 9.94. The van der Waals surface area contributed by atoms with Gasteiger partial charge in [-0.2, -0.15) is 0 Å². The van der Waals surface area contributed by atoms with Gasteiger partial charge in [0.2, 0.25) is 11.8 Å². The zero-order chi connectivity index (χ0) is 18.6. The van der Waals surface area contributed by atoms with Gasteiger partial charge in [0.1, 0.15) is 13.5 Å². The molecule has 0 atom stereocenters. The molecule has 0 spiro atoms. The van der Waals surface area contributed by atoms with Crippen molar-refractivity contribution in [1.82, 2.24) is 15.3 Å². The molecule has 0 radical (unpaired) electrons. The van der Waals surface area contributed by atoms with E-state index in [1.807, 2.05) is 18.3 Å². The molecule has 140 valence electrons. The normalized spacial score (nSPS) is 16.3. The third-order valence-electron chi connectivity index (χ3n) is 4.36. The van der Waals surface area contributed by atoms with Crippen molar-refractivity contribution in [2.24, 2.45) is 5.92 Å². The number of anilines is 1. The second-order valence-electron chi connectivity index (χ2n) is 7.66. The maximum absolute atomic E-state index is 12.2. The van der Waals surface area contributed by atoms with Gasteiger partial charge in [-0.05, 0) is 37.9 Å². The average molecular weight is 391 g/mol. The number of oxazole rings is 1. The summed E-state index contributed by atoms with van der Waals surface area (Å²) in [7, 11) is -1.48. The van der Waals surface area contributed by atoms with Crippen LogP contribution in [0.3, 0.4) is 0 Å². The fourth-order valence-corrected chi connectivity index (χ4v) is 4.40.